The molecule has 0 saturated carbocycles. The lowest BCUT2D eigenvalue weighted by Gasteiger charge is -2.42. The summed E-state index contributed by atoms with van der Waals surface area (Å²) in [7, 11) is -3.94. The Bertz CT molecular complexity index is 838. The minimum absolute atomic E-state index is 0.112. The SMILES string of the molecule is CC(C)[Si](OC[C@H]1OC(=O)C[C@@H]1CN)(C(C)C)C(C)C.CC(C)[Si](OC[C@H]1OC(=O)C[C@@H]1C[N+](=O)[O-])(C(C)C)C(C)C. The topological polar surface area (TPSA) is 140 Å². The third-order valence-electron chi connectivity index (χ3n) is 9.57. The highest BCUT2D eigenvalue weighted by Gasteiger charge is 2.48. The number of rotatable bonds is 15. The molecule has 2 heterocycles. The van der Waals surface area contributed by atoms with Crippen LogP contribution in [0.5, 0.6) is 0 Å². The molecule has 0 bridgehead atoms. The van der Waals surface area contributed by atoms with Crippen LogP contribution in [-0.4, -0.2) is 72.0 Å². The number of hydrogen-bond acceptors (Lipinski definition) is 9. The third kappa shape index (κ3) is 9.33. The average molecular weight is 633 g/mol. The fourth-order valence-electron chi connectivity index (χ4n) is 7.72. The average Bonchev–Trinajstić information content (AvgIpc) is 3.39. The maximum atomic E-state index is 11.5. The number of nitrogens with zero attached hydrogens (tertiary/aromatic N) is 1. The number of carbonyl (C=O) groups excluding carboxylic acids is 2. The second-order valence-electron chi connectivity index (χ2n) is 14.0. The zero-order valence-electron chi connectivity index (χ0n) is 28.3. The van der Waals surface area contributed by atoms with Crippen molar-refractivity contribution in [1.29, 1.82) is 0 Å². The van der Waals surface area contributed by atoms with Crippen LogP contribution >= 0.6 is 0 Å². The number of carbonyl (C=O) groups is 2. The fourth-order valence-corrected chi connectivity index (χ4v) is 18.6. The van der Waals surface area contributed by atoms with E-state index in [9.17, 15) is 19.7 Å². The smallest absolute Gasteiger partial charge is 0.306 e. The van der Waals surface area contributed by atoms with Gasteiger partial charge < -0.3 is 24.1 Å². The fraction of sp³-hybridized carbons (Fsp3) is 0.933. The molecule has 0 unspecified atom stereocenters. The minimum atomic E-state index is -2.05. The molecule has 42 heavy (non-hydrogen) atoms. The summed E-state index contributed by atoms with van der Waals surface area (Å²) >= 11 is 0. The van der Waals surface area contributed by atoms with E-state index >= 15 is 0 Å². The largest absolute Gasteiger partial charge is 0.460 e. The number of nitro groups is 1. The van der Waals surface area contributed by atoms with Crippen molar-refractivity contribution in [3.8, 4) is 0 Å². The van der Waals surface area contributed by atoms with Crippen molar-refractivity contribution in [2.75, 3.05) is 26.3 Å². The monoisotopic (exact) mass is 632 g/mol. The molecule has 2 N–H and O–H groups in total. The molecule has 0 amide bonds. The third-order valence-corrected chi connectivity index (χ3v) is 21.7. The Morgan fingerprint density at radius 2 is 1.02 bits per heavy atom. The molecule has 2 rings (SSSR count). The Hall–Kier alpha value is -1.35. The molecule has 2 saturated heterocycles. The second-order valence-corrected chi connectivity index (χ2v) is 24.9. The Kier molecular flexibility index (Phi) is 15.3. The summed E-state index contributed by atoms with van der Waals surface area (Å²) in [5.41, 5.74) is 8.63. The molecule has 2 fully saturated rings. The summed E-state index contributed by atoms with van der Waals surface area (Å²) in [4.78, 5) is 33.3. The first kappa shape index (κ1) is 38.7. The van der Waals surface area contributed by atoms with Crippen molar-refractivity contribution in [2.24, 2.45) is 17.6 Å². The molecule has 0 aromatic rings. The highest BCUT2D eigenvalue weighted by molar-refractivity contribution is 6.78. The molecule has 2 aliphatic rings. The van der Waals surface area contributed by atoms with Gasteiger partial charge in [-0.3, -0.25) is 19.7 Å². The van der Waals surface area contributed by atoms with Crippen LogP contribution in [0.4, 0.5) is 0 Å². The summed E-state index contributed by atoms with van der Waals surface area (Å²) in [6, 6.07) is 0. The number of ether oxygens (including phenoxy) is 2. The van der Waals surface area contributed by atoms with Crippen LogP contribution in [0.3, 0.4) is 0 Å². The van der Waals surface area contributed by atoms with Gasteiger partial charge in [0.25, 0.3) is 0 Å². The molecule has 246 valence electrons. The van der Waals surface area contributed by atoms with Gasteiger partial charge in [0, 0.05) is 10.8 Å². The van der Waals surface area contributed by atoms with Crippen LogP contribution in [0.15, 0.2) is 0 Å². The summed E-state index contributed by atoms with van der Waals surface area (Å²) in [6.07, 6.45) is -0.0877. The zero-order chi connectivity index (χ0) is 32.6. The van der Waals surface area contributed by atoms with Gasteiger partial charge in [-0.15, -0.1) is 0 Å². The summed E-state index contributed by atoms with van der Waals surface area (Å²) in [5.74, 6) is -0.757. The Balaban J connectivity index is 0.000000422. The molecule has 0 aromatic carbocycles. The molecule has 0 radical (unpaired) electrons. The predicted octanol–water partition coefficient (Wildman–Crippen LogP) is 6.46. The van der Waals surface area contributed by atoms with Gasteiger partial charge in [-0.25, -0.2) is 0 Å². The molecule has 0 aliphatic carbocycles. The summed E-state index contributed by atoms with van der Waals surface area (Å²) < 4.78 is 23.5. The maximum absolute atomic E-state index is 11.5. The first-order valence-corrected chi connectivity index (χ1v) is 20.1. The first-order valence-electron chi connectivity index (χ1n) is 15.8. The highest BCUT2D eigenvalue weighted by Crippen LogP contribution is 2.44. The van der Waals surface area contributed by atoms with Crippen LogP contribution in [0.1, 0.15) is 95.9 Å². The van der Waals surface area contributed by atoms with Crippen molar-refractivity contribution < 1.29 is 32.8 Å². The minimum Gasteiger partial charge on any atom is -0.460 e. The van der Waals surface area contributed by atoms with Crippen molar-refractivity contribution in [1.82, 2.24) is 0 Å². The van der Waals surface area contributed by atoms with Gasteiger partial charge in [0.05, 0.1) is 32.0 Å². The van der Waals surface area contributed by atoms with E-state index in [2.05, 4.69) is 83.1 Å². The van der Waals surface area contributed by atoms with E-state index in [1.165, 1.54) is 0 Å². The number of hydrogen-bond donors (Lipinski definition) is 1. The number of nitrogens with two attached hydrogens (primary N) is 1. The van der Waals surface area contributed by atoms with E-state index in [1.807, 2.05) is 0 Å². The Morgan fingerprint density at radius 1 is 0.714 bits per heavy atom. The van der Waals surface area contributed by atoms with Gasteiger partial charge in [0.2, 0.25) is 23.2 Å². The number of cyclic esters (lactones) is 2. The van der Waals surface area contributed by atoms with Crippen LogP contribution in [0.25, 0.3) is 0 Å². The lowest BCUT2D eigenvalue weighted by atomic mass is 10.0. The molecular formula is C30H60N2O8Si2. The van der Waals surface area contributed by atoms with Gasteiger partial charge in [0.15, 0.2) is 0 Å². The molecule has 12 heteroatoms. The summed E-state index contributed by atoms with van der Waals surface area (Å²) in [5, 5.41) is 10.7. The quantitative estimate of drug-likeness (QED) is 0.0932. The normalized spacial score (nSPS) is 23.3. The van der Waals surface area contributed by atoms with Crippen LogP contribution < -0.4 is 5.73 Å². The molecule has 4 atom stereocenters. The Labute approximate surface area is 256 Å². The predicted molar refractivity (Wildman–Crippen MR) is 171 cm³/mol. The number of esters is 2. The zero-order valence-corrected chi connectivity index (χ0v) is 30.3. The van der Waals surface area contributed by atoms with E-state index in [1.54, 1.807) is 0 Å². The van der Waals surface area contributed by atoms with Gasteiger partial charge >= 0.3 is 11.9 Å². The van der Waals surface area contributed by atoms with E-state index in [4.69, 9.17) is 24.1 Å². The van der Waals surface area contributed by atoms with Crippen molar-refractivity contribution in [2.45, 2.75) is 141 Å². The molecule has 2 aliphatic heterocycles. The van der Waals surface area contributed by atoms with Crippen LogP contribution in [-0.2, 0) is 27.9 Å². The second kappa shape index (κ2) is 16.6. The van der Waals surface area contributed by atoms with Crippen LogP contribution in [0, 0.1) is 22.0 Å². The summed E-state index contributed by atoms with van der Waals surface area (Å²) in [6.45, 7) is 27.7. The van der Waals surface area contributed by atoms with Gasteiger partial charge in [0.1, 0.15) is 12.2 Å². The van der Waals surface area contributed by atoms with Gasteiger partial charge in [-0.2, -0.15) is 0 Å². The molecule has 0 aromatic heterocycles. The lowest BCUT2D eigenvalue weighted by molar-refractivity contribution is -0.489. The van der Waals surface area contributed by atoms with Gasteiger partial charge in [-0.05, 0) is 39.8 Å². The van der Waals surface area contributed by atoms with E-state index in [0.29, 0.717) is 52.8 Å². The molecular weight excluding hydrogens is 573 g/mol. The Morgan fingerprint density at radius 3 is 1.31 bits per heavy atom. The van der Waals surface area contributed by atoms with Gasteiger partial charge in [-0.1, -0.05) is 83.1 Å². The van der Waals surface area contributed by atoms with Crippen LogP contribution in [0.2, 0.25) is 33.2 Å². The lowest BCUT2D eigenvalue weighted by Crippen LogP contribution is -2.49. The highest BCUT2D eigenvalue weighted by atomic mass is 28.4. The van der Waals surface area contributed by atoms with Crippen molar-refractivity contribution >= 4 is 28.6 Å². The maximum Gasteiger partial charge on any atom is 0.306 e. The van der Waals surface area contributed by atoms with E-state index in [0.717, 1.165) is 0 Å². The first-order chi connectivity index (χ1) is 19.4. The van der Waals surface area contributed by atoms with Crippen molar-refractivity contribution in [3.05, 3.63) is 10.1 Å². The van der Waals surface area contributed by atoms with Crippen molar-refractivity contribution in [3.63, 3.8) is 0 Å². The standard InChI is InChI=1S/C15H29NO5Si.C15H31NO3Si/c1-10(2)22(11(3)4,12(5)6)20-9-14-13(8-16(18)19)7-15(17)21-14;1-10(2)20(11(3)4,12(5)6)18-9-14-13(8-16)7-15(17)19-14/h10-14H,7-9H2,1-6H3;10-14H,7-9,16H2,1-6H3/t2*13-,14-/m11/s1. The van der Waals surface area contributed by atoms with E-state index < -0.39 is 22.7 Å². The molecule has 0 spiro atoms. The molecule has 10 nitrogen and oxygen atoms in total. The van der Waals surface area contributed by atoms with E-state index in [-0.39, 0.29) is 54.4 Å².